The van der Waals surface area contributed by atoms with E-state index in [1.165, 1.54) is 0 Å². The molecule has 17 heavy (non-hydrogen) atoms. The molecule has 1 aromatic carbocycles. The van der Waals surface area contributed by atoms with Crippen molar-refractivity contribution in [2.45, 2.75) is 19.4 Å². The largest absolute Gasteiger partial charge is 0.394 e. The van der Waals surface area contributed by atoms with Gasteiger partial charge in [0.1, 0.15) is 0 Å². The van der Waals surface area contributed by atoms with Crippen LogP contribution in [0.3, 0.4) is 0 Å². The van der Waals surface area contributed by atoms with Crippen molar-refractivity contribution >= 4 is 46.2 Å². The van der Waals surface area contributed by atoms with E-state index in [9.17, 15) is 0 Å². The quantitative estimate of drug-likeness (QED) is 0.750. The fourth-order valence-corrected chi connectivity index (χ4v) is 2.06. The molecule has 1 rings (SSSR count). The summed E-state index contributed by atoms with van der Waals surface area (Å²) in [6, 6.07) is 5.07. The number of benzene rings is 1. The summed E-state index contributed by atoms with van der Waals surface area (Å²) < 4.78 is 0. The first kappa shape index (κ1) is 14.5. The number of rotatable bonds is 3. The summed E-state index contributed by atoms with van der Waals surface area (Å²) in [6.45, 7) is 3.66. The predicted octanol–water partition coefficient (Wildman–Crippen LogP) is 3.05. The van der Waals surface area contributed by atoms with E-state index < -0.39 is 5.54 Å². The molecule has 0 bridgehead atoms. The van der Waals surface area contributed by atoms with Crippen LogP contribution in [0.2, 0.25) is 10.0 Å². The molecule has 94 valence electrons. The van der Waals surface area contributed by atoms with E-state index >= 15 is 0 Å². The molecule has 0 saturated heterocycles. The van der Waals surface area contributed by atoms with Gasteiger partial charge in [0.2, 0.25) is 0 Å². The summed E-state index contributed by atoms with van der Waals surface area (Å²) in [7, 11) is 0. The van der Waals surface area contributed by atoms with Crippen molar-refractivity contribution < 1.29 is 5.11 Å². The van der Waals surface area contributed by atoms with Crippen LogP contribution in [0.5, 0.6) is 0 Å². The molecule has 0 spiro atoms. The molecule has 0 aliphatic rings. The number of anilines is 1. The lowest BCUT2D eigenvalue weighted by Crippen LogP contribution is -2.47. The molecule has 3 N–H and O–H groups in total. The topological polar surface area (TPSA) is 44.3 Å². The third kappa shape index (κ3) is 5.08. The third-order valence-electron chi connectivity index (χ3n) is 1.97. The van der Waals surface area contributed by atoms with Crippen LogP contribution in [0.25, 0.3) is 0 Å². The highest BCUT2D eigenvalue weighted by atomic mass is 35.5. The van der Waals surface area contributed by atoms with Gasteiger partial charge in [0.05, 0.1) is 12.1 Å². The number of aliphatic hydroxyl groups is 1. The Labute approximate surface area is 116 Å². The third-order valence-corrected chi connectivity index (χ3v) is 2.61. The van der Waals surface area contributed by atoms with Gasteiger partial charge in [-0.25, -0.2) is 0 Å². The van der Waals surface area contributed by atoms with Gasteiger partial charge in [0, 0.05) is 15.7 Å². The fourth-order valence-electron chi connectivity index (χ4n) is 1.14. The Balaban J connectivity index is 2.68. The Morgan fingerprint density at radius 2 is 1.82 bits per heavy atom. The van der Waals surface area contributed by atoms with Gasteiger partial charge in [0.15, 0.2) is 5.11 Å². The van der Waals surface area contributed by atoms with Crippen LogP contribution in [0.4, 0.5) is 5.69 Å². The van der Waals surface area contributed by atoms with Crippen molar-refractivity contribution in [2.75, 3.05) is 11.9 Å². The van der Waals surface area contributed by atoms with Crippen LogP contribution in [0.15, 0.2) is 18.2 Å². The summed E-state index contributed by atoms with van der Waals surface area (Å²) in [4.78, 5) is 0. The summed E-state index contributed by atoms with van der Waals surface area (Å²) >= 11 is 16.8. The maximum Gasteiger partial charge on any atom is 0.171 e. The van der Waals surface area contributed by atoms with Crippen molar-refractivity contribution in [3.05, 3.63) is 28.2 Å². The minimum Gasteiger partial charge on any atom is -0.394 e. The standard InChI is InChI=1S/C11H14Cl2N2OS/c1-11(2,6-16)15-10(17)14-9-4-7(12)3-8(13)5-9/h3-5,16H,6H2,1-2H3,(H2,14,15,17). The zero-order valence-corrected chi connectivity index (χ0v) is 11.9. The van der Waals surface area contributed by atoms with E-state index in [-0.39, 0.29) is 6.61 Å². The lowest BCUT2D eigenvalue weighted by atomic mass is 10.1. The van der Waals surface area contributed by atoms with Gasteiger partial charge >= 0.3 is 0 Å². The number of hydrogen-bond acceptors (Lipinski definition) is 2. The van der Waals surface area contributed by atoms with Crippen LogP contribution in [0, 0.1) is 0 Å². The highest BCUT2D eigenvalue weighted by Gasteiger charge is 2.17. The van der Waals surface area contributed by atoms with E-state index in [2.05, 4.69) is 10.6 Å². The molecule has 0 fully saturated rings. The first-order chi connectivity index (χ1) is 7.82. The van der Waals surface area contributed by atoms with Crippen molar-refractivity contribution in [3.63, 3.8) is 0 Å². The summed E-state index contributed by atoms with van der Waals surface area (Å²) in [6.07, 6.45) is 0. The maximum atomic E-state index is 9.11. The Bertz CT molecular complexity index is 404. The van der Waals surface area contributed by atoms with Crippen LogP contribution in [-0.2, 0) is 0 Å². The Kier molecular flexibility index (Phi) is 5.01. The summed E-state index contributed by atoms with van der Waals surface area (Å²) in [5.74, 6) is 0. The molecule has 0 atom stereocenters. The average Bonchev–Trinajstić information content (AvgIpc) is 2.14. The molecular weight excluding hydrogens is 279 g/mol. The number of thiocarbonyl (C=S) groups is 1. The molecule has 6 heteroatoms. The zero-order valence-electron chi connectivity index (χ0n) is 9.55. The van der Waals surface area contributed by atoms with E-state index in [1.807, 2.05) is 13.8 Å². The van der Waals surface area contributed by atoms with Gasteiger partial charge in [0.25, 0.3) is 0 Å². The molecule has 0 unspecified atom stereocenters. The van der Waals surface area contributed by atoms with Crippen LogP contribution < -0.4 is 10.6 Å². The second kappa shape index (κ2) is 5.87. The number of nitrogens with one attached hydrogen (secondary N) is 2. The van der Waals surface area contributed by atoms with E-state index in [0.717, 1.165) is 0 Å². The molecule has 0 aliphatic heterocycles. The molecule has 0 amide bonds. The smallest absolute Gasteiger partial charge is 0.171 e. The molecule has 0 saturated carbocycles. The Morgan fingerprint density at radius 1 is 1.29 bits per heavy atom. The first-order valence-electron chi connectivity index (χ1n) is 4.98. The van der Waals surface area contributed by atoms with Crippen LogP contribution >= 0.6 is 35.4 Å². The monoisotopic (exact) mass is 292 g/mol. The van der Waals surface area contributed by atoms with Gasteiger partial charge < -0.3 is 15.7 Å². The summed E-state index contributed by atoms with van der Waals surface area (Å²) in [5, 5.41) is 16.5. The van der Waals surface area contributed by atoms with Crippen molar-refractivity contribution in [1.82, 2.24) is 5.32 Å². The summed E-state index contributed by atoms with van der Waals surface area (Å²) in [5.41, 5.74) is 0.223. The number of aliphatic hydroxyl groups excluding tert-OH is 1. The van der Waals surface area contributed by atoms with E-state index in [4.69, 9.17) is 40.5 Å². The predicted molar refractivity (Wildman–Crippen MR) is 77.0 cm³/mol. The van der Waals surface area contributed by atoms with Crippen molar-refractivity contribution in [3.8, 4) is 0 Å². The maximum absolute atomic E-state index is 9.11. The molecular formula is C11H14Cl2N2OS. The number of hydrogen-bond donors (Lipinski definition) is 3. The van der Waals surface area contributed by atoms with Gasteiger partial charge in [-0.15, -0.1) is 0 Å². The van der Waals surface area contributed by atoms with Gasteiger partial charge in [-0.3, -0.25) is 0 Å². The number of halogens is 2. The lowest BCUT2D eigenvalue weighted by molar-refractivity contribution is 0.207. The fraction of sp³-hybridized carbons (Fsp3) is 0.364. The molecule has 0 aromatic heterocycles. The van der Waals surface area contributed by atoms with Crippen molar-refractivity contribution in [2.24, 2.45) is 0 Å². The average molecular weight is 293 g/mol. The molecule has 1 aromatic rings. The zero-order chi connectivity index (χ0) is 13.1. The van der Waals surface area contributed by atoms with Gasteiger partial charge in [-0.05, 0) is 44.3 Å². The highest BCUT2D eigenvalue weighted by molar-refractivity contribution is 7.80. The Hall–Kier alpha value is -0.550. The normalized spacial score (nSPS) is 11.1. The second-order valence-electron chi connectivity index (χ2n) is 4.28. The van der Waals surface area contributed by atoms with E-state index in [0.29, 0.717) is 20.8 Å². The van der Waals surface area contributed by atoms with E-state index in [1.54, 1.807) is 18.2 Å². The van der Waals surface area contributed by atoms with Gasteiger partial charge in [-0.2, -0.15) is 0 Å². The lowest BCUT2D eigenvalue weighted by Gasteiger charge is -2.25. The first-order valence-corrected chi connectivity index (χ1v) is 6.15. The van der Waals surface area contributed by atoms with Crippen LogP contribution in [0.1, 0.15) is 13.8 Å². The minimum absolute atomic E-state index is 0.0227. The van der Waals surface area contributed by atoms with Crippen LogP contribution in [-0.4, -0.2) is 22.4 Å². The molecule has 0 heterocycles. The van der Waals surface area contributed by atoms with Crippen molar-refractivity contribution in [1.29, 1.82) is 0 Å². The molecule has 0 aliphatic carbocycles. The van der Waals surface area contributed by atoms with Gasteiger partial charge in [-0.1, -0.05) is 23.2 Å². The Morgan fingerprint density at radius 3 is 2.29 bits per heavy atom. The second-order valence-corrected chi connectivity index (χ2v) is 5.56. The minimum atomic E-state index is -0.480. The molecule has 0 radical (unpaired) electrons. The highest BCUT2D eigenvalue weighted by Crippen LogP contribution is 2.22. The SMILES string of the molecule is CC(C)(CO)NC(=S)Nc1cc(Cl)cc(Cl)c1. The molecule has 3 nitrogen and oxygen atoms in total.